The Balaban J connectivity index is 2.40. The molecule has 3 aromatic heterocycles. The van der Waals surface area contributed by atoms with Crippen LogP contribution in [0.25, 0.3) is 21.9 Å². The summed E-state index contributed by atoms with van der Waals surface area (Å²) in [4.78, 5) is 29.6. The van der Waals surface area contributed by atoms with E-state index in [1.807, 2.05) is 12.1 Å². The van der Waals surface area contributed by atoms with Crippen molar-refractivity contribution < 1.29 is 4.74 Å². The number of hydrogen-bond acceptors (Lipinski definition) is 5. The van der Waals surface area contributed by atoms with Crippen LogP contribution in [0.2, 0.25) is 0 Å². The molecule has 110 valence electrons. The van der Waals surface area contributed by atoms with E-state index in [-0.39, 0.29) is 11.2 Å². The summed E-state index contributed by atoms with van der Waals surface area (Å²) >= 11 is 1.43. The fourth-order valence-electron chi connectivity index (χ4n) is 2.29. The van der Waals surface area contributed by atoms with Gasteiger partial charge in [-0.15, -0.1) is 0 Å². The number of rotatable bonds is 2. The molecule has 0 aliphatic heterocycles. The molecule has 0 aliphatic carbocycles. The van der Waals surface area contributed by atoms with E-state index in [2.05, 4.69) is 4.98 Å². The highest BCUT2D eigenvalue weighted by atomic mass is 32.1. The SMILES string of the molecule is COc1ccc(-c2nc3c(c(=O)n(C)c(=O)n3C)n2C)s1. The van der Waals surface area contributed by atoms with Gasteiger partial charge >= 0.3 is 5.69 Å². The number of methoxy groups -OCH3 is 1. The molecular weight excluding hydrogens is 292 g/mol. The minimum atomic E-state index is -0.388. The Morgan fingerprint density at radius 2 is 1.81 bits per heavy atom. The Hall–Kier alpha value is -2.35. The van der Waals surface area contributed by atoms with Crippen LogP contribution in [0.4, 0.5) is 0 Å². The van der Waals surface area contributed by atoms with Gasteiger partial charge in [-0.05, 0) is 12.1 Å². The Morgan fingerprint density at radius 1 is 1.10 bits per heavy atom. The molecule has 0 aliphatic rings. The molecule has 21 heavy (non-hydrogen) atoms. The van der Waals surface area contributed by atoms with Crippen molar-refractivity contribution >= 4 is 22.5 Å². The van der Waals surface area contributed by atoms with Crippen molar-refractivity contribution in [2.45, 2.75) is 0 Å². The molecule has 8 heteroatoms. The van der Waals surface area contributed by atoms with Crippen LogP contribution in [0.1, 0.15) is 0 Å². The molecule has 0 fully saturated rings. The molecule has 0 atom stereocenters. The number of imidazole rings is 1. The Labute approximate surface area is 123 Å². The van der Waals surface area contributed by atoms with Gasteiger partial charge in [0, 0.05) is 21.1 Å². The molecule has 0 spiro atoms. The van der Waals surface area contributed by atoms with E-state index in [0.717, 1.165) is 14.5 Å². The van der Waals surface area contributed by atoms with E-state index in [9.17, 15) is 9.59 Å². The molecule has 0 saturated heterocycles. The van der Waals surface area contributed by atoms with Gasteiger partial charge in [0.2, 0.25) is 0 Å². The third kappa shape index (κ3) is 1.83. The van der Waals surface area contributed by atoms with Crippen molar-refractivity contribution in [3.63, 3.8) is 0 Å². The summed E-state index contributed by atoms with van der Waals surface area (Å²) in [5.41, 5.74) is 0.0497. The van der Waals surface area contributed by atoms with Gasteiger partial charge in [-0.3, -0.25) is 13.9 Å². The first-order valence-corrected chi connectivity index (χ1v) is 7.04. The summed E-state index contributed by atoms with van der Waals surface area (Å²) in [6.45, 7) is 0. The first kappa shape index (κ1) is 13.6. The molecule has 3 heterocycles. The van der Waals surface area contributed by atoms with E-state index in [1.54, 1.807) is 25.8 Å². The highest BCUT2D eigenvalue weighted by Gasteiger charge is 2.18. The third-order valence-corrected chi connectivity index (χ3v) is 4.52. The lowest BCUT2D eigenvalue weighted by molar-refractivity contribution is 0.427. The zero-order chi connectivity index (χ0) is 15.3. The standard InChI is InChI=1S/C13H14N4O3S/c1-15-9-11(16(2)13(19)17(3)12(9)18)14-10(15)7-5-6-8(20-4)21-7/h5-6H,1-4H3. The molecule has 0 bridgehead atoms. The zero-order valence-electron chi connectivity index (χ0n) is 12.1. The van der Waals surface area contributed by atoms with Crippen molar-refractivity contribution in [2.75, 3.05) is 7.11 Å². The summed E-state index contributed by atoms with van der Waals surface area (Å²) in [6, 6.07) is 3.73. The van der Waals surface area contributed by atoms with E-state index >= 15 is 0 Å². The Morgan fingerprint density at radius 3 is 2.43 bits per heavy atom. The second-order valence-electron chi connectivity index (χ2n) is 4.70. The predicted molar refractivity (Wildman–Crippen MR) is 81.1 cm³/mol. The fraction of sp³-hybridized carbons (Fsp3) is 0.308. The smallest absolute Gasteiger partial charge is 0.332 e. The maximum atomic E-state index is 12.3. The summed E-state index contributed by atoms with van der Waals surface area (Å²) in [7, 11) is 6.44. The number of nitrogens with zero attached hydrogens (tertiary/aromatic N) is 4. The predicted octanol–water partition coefficient (Wildman–Crippen LogP) is 0.708. The molecule has 7 nitrogen and oxygen atoms in total. The third-order valence-electron chi connectivity index (χ3n) is 3.48. The van der Waals surface area contributed by atoms with E-state index < -0.39 is 0 Å². The first-order chi connectivity index (χ1) is 9.95. The summed E-state index contributed by atoms with van der Waals surface area (Å²) in [5, 5.41) is 0.763. The van der Waals surface area contributed by atoms with E-state index in [0.29, 0.717) is 17.0 Å². The van der Waals surface area contributed by atoms with Crippen LogP contribution in [0.15, 0.2) is 21.7 Å². The average Bonchev–Trinajstić information content (AvgIpc) is 3.07. The van der Waals surface area contributed by atoms with Crippen LogP contribution in [0, 0.1) is 0 Å². The quantitative estimate of drug-likeness (QED) is 0.699. The van der Waals surface area contributed by atoms with Gasteiger partial charge in [-0.25, -0.2) is 9.78 Å². The van der Waals surface area contributed by atoms with Crippen molar-refractivity contribution in [2.24, 2.45) is 21.1 Å². The number of thiophene rings is 1. The van der Waals surface area contributed by atoms with Gasteiger partial charge < -0.3 is 9.30 Å². The van der Waals surface area contributed by atoms with Gasteiger partial charge in [0.25, 0.3) is 5.56 Å². The maximum Gasteiger partial charge on any atom is 0.332 e. The van der Waals surface area contributed by atoms with Gasteiger partial charge in [0.1, 0.15) is 0 Å². The van der Waals surface area contributed by atoms with Gasteiger partial charge in [-0.2, -0.15) is 0 Å². The van der Waals surface area contributed by atoms with Crippen LogP contribution >= 0.6 is 11.3 Å². The summed E-state index contributed by atoms with van der Waals surface area (Å²) in [6.07, 6.45) is 0. The number of hydrogen-bond donors (Lipinski definition) is 0. The van der Waals surface area contributed by atoms with Crippen LogP contribution in [-0.2, 0) is 21.1 Å². The number of aromatic nitrogens is 4. The molecule has 0 aromatic carbocycles. The topological polar surface area (TPSA) is 71.1 Å². The molecule has 3 aromatic rings. The minimum absolute atomic E-state index is 0.349. The van der Waals surface area contributed by atoms with Crippen molar-refractivity contribution in [3.8, 4) is 15.8 Å². The minimum Gasteiger partial charge on any atom is -0.487 e. The lowest BCUT2D eigenvalue weighted by Crippen LogP contribution is -2.37. The van der Waals surface area contributed by atoms with Crippen molar-refractivity contribution in [1.29, 1.82) is 0 Å². The number of ether oxygens (including phenoxy) is 1. The lowest BCUT2D eigenvalue weighted by atomic mass is 10.4. The highest BCUT2D eigenvalue weighted by Crippen LogP contribution is 2.32. The second-order valence-corrected chi connectivity index (χ2v) is 5.74. The Bertz CT molecular complexity index is 960. The Kier molecular flexibility index (Phi) is 2.98. The van der Waals surface area contributed by atoms with Crippen molar-refractivity contribution in [3.05, 3.63) is 33.0 Å². The van der Waals surface area contributed by atoms with Crippen molar-refractivity contribution in [1.82, 2.24) is 18.7 Å². The molecule has 0 radical (unpaired) electrons. The van der Waals surface area contributed by atoms with E-state index in [1.165, 1.54) is 23.0 Å². The maximum absolute atomic E-state index is 12.3. The first-order valence-electron chi connectivity index (χ1n) is 6.22. The zero-order valence-corrected chi connectivity index (χ0v) is 12.9. The highest BCUT2D eigenvalue weighted by molar-refractivity contribution is 7.17. The molecule has 0 N–H and O–H groups in total. The lowest BCUT2D eigenvalue weighted by Gasteiger charge is -2.03. The largest absolute Gasteiger partial charge is 0.487 e. The molecule has 0 amide bonds. The van der Waals surface area contributed by atoms with Gasteiger partial charge in [0.05, 0.1) is 12.0 Å². The normalized spacial score (nSPS) is 11.2. The molecule has 0 unspecified atom stereocenters. The molecular formula is C13H14N4O3S. The average molecular weight is 306 g/mol. The van der Waals surface area contributed by atoms with E-state index in [4.69, 9.17) is 4.74 Å². The molecule has 0 saturated carbocycles. The summed E-state index contributed by atoms with van der Waals surface area (Å²) in [5.74, 6) is 0.636. The van der Waals surface area contributed by atoms with Gasteiger partial charge in [0.15, 0.2) is 22.1 Å². The second kappa shape index (κ2) is 4.59. The van der Waals surface area contributed by atoms with Crippen LogP contribution < -0.4 is 16.0 Å². The number of fused-ring (bicyclic) bond motifs is 1. The van der Waals surface area contributed by atoms with Crippen LogP contribution in [0.3, 0.4) is 0 Å². The monoisotopic (exact) mass is 306 g/mol. The summed E-state index contributed by atoms with van der Waals surface area (Å²) < 4.78 is 9.35. The fourth-order valence-corrected chi connectivity index (χ4v) is 3.13. The van der Waals surface area contributed by atoms with Gasteiger partial charge in [-0.1, -0.05) is 11.3 Å². The van der Waals surface area contributed by atoms with Crippen LogP contribution in [-0.4, -0.2) is 25.8 Å². The van der Waals surface area contributed by atoms with Crippen LogP contribution in [0.5, 0.6) is 5.06 Å². The molecule has 3 rings (SSSR count). The number of aryl methyl sites for hydroxylation is 2.